The van der Waals surface area contributed by atoms with E-state index < -0.39 is 0 Å². The number of aryl methyl sites for hydroxylation is 2. The quantitative estimate of drug-likeness (QED) is 0.474. The molecule has 0 aromatic heterocycles. The fraction of sp³-hybridized carbons (Fsp3) is 0.294. The van der Waals surface area contributed by atoms with Gasteiger partial charge in [0, 0.05) is 0 Å². The highest BCUT2D eigenvalue weighted by atomic mass is 79.9. The Balaban J connectivity index is 1.72. The molecule has 0 unspecified atom stereocenters. The van der Waals surface area contributed by atoms with E-state index in [1.54, 1.807) is 24.3 Å². The standard InChI is InChI=1S/C17H16Br2F2/c18-14-8-6-12(10-16(14)20)4-2-1-3-5-13-7-9-15(19)17(21)11-13/h6-11H,1-5H2. The summed E-state index contributed by atoms with van der Waals surface area (Å²) in [7, 11) is 0. The minimum Gasteiger partial charge on any atom is -0.206 e. The third kappa shape index (κ3) is 5.19. The van der Waals surface area contributed by atoms with E-state index in [4.69, 9.17) is 0 Å². The van der Waals surface area contributed by atoms with Crippen LogP contribution in [-0.2, 0) is 12.8 Å². The molecule has 0 spiro atoms. The van der Waals surface area contributed by atoms with Crippen LogP contribution in [0.15, 0.2) is 45.3 Å². The van der Waals surface area contributed by atoms with Gasteiger partial charge in [-0.25, -0.2) is 8.78 Å². The van der Waals surface area contributed by atoms with Crippen LogP contribution in [0.25, 0.3) is 0 Å². The van der Waals surface area contributed by atoms with Crippen LogP contribution < -0.4 is 0 Å². The van der Waals surface area contributed by atoms with Crippen molar-refractivity contribution >= 4 is 31.9 Å². The van der Waals surface area contributed by atoms with E-state index >= 15 is 0 Å². The molecule has 0 aliphatic rings. The van der Waals surface area contributed by atoms with Crippen molar-refractivity contribution in [2.45, 2.75) is 32.1 Å². The first-order chi connectivity index (χ1) is 10.1. The lowest BCUT2D eigenvalue weighted by Crippen LogP contribution is -1.91. The van der Waals surface area contributed by atoms with E-state index in [9.17, 15) is 8.78 Å². The van der Waals surface area contributed by atoms with Crippen LogP contribution in [0.5, 0.6) is 0 Å². The van der Waals surface area contributed by atoms with Gasteiger partial charge in [-0.05, 0) is 92.9 Å². The lowest BCUT2D eigenvalue weighted by atomic mass is 10.0. The number of unbranched alkanes of at least 4 members (excludes halogenated alkanes) is 2. The van der Waals surface area contributed by atoms with E-state index in [2.05, 4.69) is 31.9 Å². The Hall–Kier alpha value is -0.740. The maximum atomic E-state index is 13.4. The smallest absolute Gasteiger partial charge is 0.137 e. The van der Waals surface area contributed by atoms with Crippen molar-refractivity contribution in [1.82, 2.24) is 0 Å². The van der Waals surface area contributed by atoms with Gasteiger partial charge < -0.3 is 0 Å². The molecule has 0 aliphatic carbocycles. The first kappa shape index (κ1) is 16.6. The van der Waals surface area contributed by atoms with Crippen molar-refractivity contribution in [3.63, 3.8) is 0 Å². The molecule has 0 saturated heterocycles. The van der Waals surface area contributed by atoms with E-state index in [0.29, 0.717) is 8.95 Å². The van der Waals surface area contributed by atoms with Gasteiger partial charge in [0.15, 0.2) is 0 Å². The van der Waals surface area contributed by atoms with Crippen LogP contribution in [0.2, 0.25) is 0 Å². The molecule has 0 amide bonds. The van der Waals surface area contributed by atoms with Crippen LogP contribution in [0.1, 0.15) is 30.4 Å². The number of rotatable bonds is 6. The minimum atomic E-state index is -0.210. The van der Waals surface area contributed by atoms with Crippen LogP contribution in [-0.4, -0.2) is 0 Å². The van der Waals surface area contributed by atoms with Crippen LogP contribution >= 0.6 is 31.9 Å². The Labute approximate surface area is 140 Å². The summed E-state index contributed by atoms with van der Waals surface area (Å²) in [4.78, 5) is 0. The molecular weight excluding hydrogens is 402 g/mol. The SMILES string of the molecule is Fc1cc(CCCCCc2ccc(Br)c(F)c2)ccc1Br. The van der Waals surface area contributed by atoms with Crippen molar-refractivity contribution in [3.8, 4) is 0 Å². The van der Waals surface area contributed by atoms with Gasteiger partial charge in [0.25, 0.3) is 0 Å². The van der Waals surface area contributed by atoms with E-state index in [0.717, 1.165) is 43.2 Å². The molecule has 2 aromatic rings. The van der Waals surface area contributed by atoms with Crippen molar-refractivity contribution in [3.05, 3.63) is 68.1 Å². The fourth-order valence-electron chi connectivity index (χ4n) is 2.23. The Morgan fingerprint density at radius 1 is 0.667 bits per heavy atom. The van der Waals surface area contributed by atoms with Gasteiger partial charge in [-0.3, -0.25) is 0 Å². The monoisotopic (exact) mass is 416 g/mol. The second kappa shape index (κ2) is 8.04. The Morgan fingerprint density at radius 2 is 1.10 bits per heavy atom. The second-order valence-electron chi connectivity index (χ2n) is 5.06. The second-order valence-corrected chi connectivity index (χ2v) is 6.77. The summed E-state index contributed by atoms with van der Waals surface area (Å²) in [5.74, 6) is -0.421. The van der Waals surface area contributed by atoms with Gasteiger partial charge >= 0.3 is 0 Å². The van der Waals surface area contributed by atoms with Gasteiger partial charge in [0.1, 0.15) is 11.6 Å². The average Bonchev–Trinajstić information content (AvgIpc) is 2.46. The normalized spacial score (nSPS) is 10.9. The Kier molecular flexibility index (Phi) is 6.37. The molecule has 0 bridgehead atoms. The first-order valence-corrected chi connectivity index (χ1v) is 8.53. The molecule has 2 aromatic carbocycles. The molecule has 21 heavy (non-hydrogen) atoms. The fourth-order valence-corrected chi connectivity index (χ4v) is 2.72. The number of benzene rings is 2. The summed E-state index contributed by atoms with van der Waals surface area (Å²) < 4.78 is 27.7. The third-order valence-electron chi connectivity index (χ3n) is 3.40. The number of hydrogen-bond acceptors (Lipinski definition) is 0. The van der Waals surface area contributed by atoms with Crippen LogP contribution in [0, 0.1) is 11.6 Å². The van der Waals surface area contributed by atoms with E-state index in [-0.39, 0.29) is 11.6 Å². The average molecular weight is 418 g/mol. The maximum Gasteiger partial charge on any atom is 0.137 e. The highest BCUT2D eigenvalue weighted by Gasteiger charge is 2.02. The third-order valence-corrected chi connectivity index (χ3v) is 4.69. The highest BCUT2D eigenvalue weighted by Crippen LogP contribution is 2.19. The van der Waals surface area contributed by atoms with Gasteiger partial charge in [-0.2, -0.15) is 0 Å². The molecule has 2 rings (SSSR count). The zero-order chi connectivity index (χ0) is 15.2. The zero-order valence-corrected chi connectivity index (χ0v) is 14.7. The topological polar surface area (TPSA) is 0 Å². The van der Waals surface area contributed by atoms with Crippen LogP contribution in [0.3, 0.4) is 0 Å². The van der Waals surface area contributed by atoms with Crippen molar-refractivity contribution in [2.75, 3.05) is 0 Å². The predicted molar refractivity (Wildman–Crippen MR) is 89.5 cm³/mol. The minimum absolute atomic E-state index is 0.210. The zero-order valence-electron chi connectivity index (χ0n) is 11.5. The van der Waals surface area contributed by atoms with E-state index in [1.165, 1.54) is 0 Å². The maximum absolute atomic E-state index is 13.4. The lowest BCUT2D eigenvalue weighted by molar-refractivity contribution is 0.613. The molecule has 112 valence electrons. The molecule has 0 N–H and O–H groups in total. The van der Waals surface area contributed by atoms with Gasteiger partial charge in [0.2, 0.25) is 0 Å². The van der Waals surface area contributed by atoms with Gasteiger partial charge in [-0.1, -0.05) is 18.6 Å². The molecule has 0 heterocycles. The number of halogens is 4. The summed E-state index contributed by atoms with van der Waals surface area (Å²) in [6.45, 7) is 0. The van der Waals surface area contributed by atoms with Crippen LogP contribution in [0.4, 0.5) is 8.78 Å². The summed E-state index contributed by atoms with van der Waals surface area (Å²) in [6, 6.07) is 10.5. The largest absolute Gasteiger partial charge is 0.206 e. The summed E-state index contributed by atoms with van der Waals surface area (Å²) >= 11 is 6.30. The highest BCUT2D eigenvalue weighted by molar-refractivity contribution is 9.10. The van der Waals surface area contributed by atoms with Gasteiger partial charge in [0.05, 0.1) is 8.95 Å². The van der Waals surface area contributed by atoms with Crippen molar-refractivity contribution in [1.29, 1.82) is 0 Å². The molecule has 0 radical (unpaired) electrons. The summed E-state index contributed by atoms with van der Waals surface area (Å²) in [5.41, 5.74) is 2.04. The molecule has 0 saturated carbocycles. The lowest BCUT2D eigenvalue weighted by Gasteiger charge is -2.04. The molecular formula is C17H16Br2F2. The molecule has 0 aliphatic heterocycles. The number of hydrogen-bond donors (Lipinski definition) is 0. The van der Waals surface area contributed by atoms with Crippen molar-refractivity contribution < 1.29 is 8.78 Å². The molecule has 0 fully saturated rings. The molecule has 4 heteroatoms. The molecule has 0 nitrogen and oxygen atoms in total. The Morgan fingerprint density at radius 3 is 1.48 bits per heavy atom. The van der Waals surface area contributed by atoms with Crippen molar-refractivity contribution in [2.24, 2.45) is 0 Å². The summed E-state index contributed by atoms with van der Waals surface area (Å²) in [5, 5.41) is 0. The summed E-state index contributed by atoms with van der Waals surface area (Å²) in [6.07, 6.45) is 4.83. The first-order valence-electron chi connectivity index (χ1n) is 6.94. The van der Waals surface area contributed by atoms with E-state index in [1.807, 2.05) is 12.1 Å². The predicted octanol–water partition coefficient (Wildman–Crippen LogP) is 6.45. The van der Waals surface area contributed by atoms with Gasteiger partial charge in [-0.15, -0.1) is 0 Å². The molecule has 0 atom stereocenters. The Bertz CT molecular complexity index is 558.